The predicted molar refractivity (Wildman–Crippen MR) is 84.1 cm³/mol. The largest absolute Gasteiger partial charge is 0.395 e. The van der Waals surface area contributed by atoms with Crippen molar-refractivity contribution in [1.82, 2.24) is 4.90 Å². The van der Waals surface area contributed by atoms with Crippen LogP contribution in [0.1, 0.15) is 43.4 Å². The SMILES string of the molecule is CCC(CC)N(CCO)Cc1ccc(C(=N)N)cc1C. The molecule has 0 aliphatic rings. The van der Waals surface area contributed by atoms with Crippen LogP contribution in [0.4, 0.5) is 0 Å². The number of amidine groups is 1. The number of hydrogen-bond acceptors (Lipinski definition) is 3. The molecule has 0 aliphatic heterocycles. The van der Waals surface area contributed by atoms with E-state index in [9.17, 15) is 5.11 Å². The van der Waals surface area contributed by atoms with Crippen LogP contribution >= 0.6 is 0 Å². The number of aliphatic hydroxyl groups excluding tert-OH is 1. The van der Waals surface area contributed by atoms with Gasteiger partial charge in [0.15, 0.2) is 0 Å². The number of nitrogens with two attached hydrogens (primary N) is 1. The van der Waals surface area contributed by atoms with Gasteiger partial charge in [-0.25, -0.2) is 0 Å². The van der Waals surface area contributed by atoms with E-state index in [1.165, 1.54) is 5.56 Å². The minimum absolute atomic E-state index is 0.104. The molecule has 0 unspecified atom stereocenters. The maximum absolute atomic E-state index is 9.25. The molecule has 4 N–H and O–H groups in total. The van der Waals surface area contributed by atoms with Gasteiger partial charge in [0.1, 0.15) is 5.84 Å². The van der Waals surface area contributed by atoms with Crippen molar-refractivity contribution in [3.05, 3.63) is 34.9 Å². The van der Waals surface area contributed by atoms with Gasteiger partial charge in [-0.2, -0.15) is 0 Å². The van der Waals surface area contributed by atoms with E-state index in [1.807, 2.05) is 25.1 Å². The third kappa shape index (κ3) is 4.32. The lowest BCUT2D eigenvalue weighted by Crippen LogP contribution is -2.36. The first-order valence-electron chi connectivity index (χ1n) is 7.32. The molecular weight excluding hydrogens is 250 g/mol. The zero-order valence-corrected chi connectivity index (χ0v) is 12.8. The zero-order chi connectivity index (χ0) is 15.1. The molecule has 1 aromatic rings. The van der Waals surface area contributed by atoms with Gasteiger partial charge in [0, 0.05) is 24.7 Å². The van der Waals surface area contributed by atoms with Crippen molar-refractivity contribution in [1.29, 1.82) is 5.41 Å². The van der Waals surface area contributed by atoms with Crippen LogP contribution in [0.25, 0.3) is 0 Å². The number of aliphatic hydroxyl groups is 1. The topological polar surface area (TPSA) is 73.3 Å². The molecule has 0 aliphatic carbocycles. The van der Waals surface area contributed by atoms with Crippen LogP contribution in [-0.2, 0) is 6.54 Å². The fourth-order valence-electron chi connectivity index (χ4n) is 2.58. The second kappa shape index (κ2) is 8.02. The third-order valence-electron chi connectivity index (χ3n) is 3.87. The van der Waals surface area contributed by atoms with Crippen molar-refractivity contribution in [2.45, 2.75) is 46.2 Å². The summed E-state index contributed by atoms with van der Waals surface area (Å²) in [6.07, 6.45) is 2.17. The van der Waals surface area contributed by atoms with Crippen molar-refractivity contribution in [3.63, 3.8) is 0 Å². The first-order valence-corrected chi connectivity index (χ1v) is 7.32. The molecule has 0 aromatic heterocycles. The molecule has 4 heteroatoms. The maximum Gasteiger partial charge on any atom is 0.122 e. The monoisotopic (exact) mass is 277 g/mol. The molecule has 20 heavy (non-hydrogen) atoms. The van der Waals surface area contributed by atoms with E-state index in [-0.39, 0.29) is 12.4 Å². The normalized spacial score (nSPS) is 11.3. The minimum atomic E-state index is 0.104. The smallest absolute Gasteiger partial charge is 0.122 e. The molecule has 0 bridgehead atoms. The lowest BCUT2D eigenvalue weighted by molar-refractivity contribution is 0.136. The molecule has 1 aromatic carbocycles. The number of rotatable bonds is 8. The molecule has 0 saturated carbocycles. The molecule has 0 atom stereocenters. The Labute approximate surface area is 122 Å². The highest BCUT2D eigenvalue weighted by atomic mass is 16.3. The highest BCUT2D eigenvalue weighted by Gasteiger charge is 2.16. The molecule has 112 valence electrons. The molecule has 0 radical (unpaired) electrons. The Morgan fingerprint density at radius 1 is 1.35 bits per heavy atom. The minimum Gasteiger partial charge on any atom is -0.395 e. The second-order valence-electron chi connectivity index (χ2n) is 5.22. The summed E-state index contributed by atoms with van der Waals surface area (Å²) in [5.74, 6) is 0.104. The zero-order valence-electron chi connectivity index (χ0n) is 12.8. The number of nitrogen functional groups attached to an aromatic ring is 1. The summed E-state index contributed by atoms with van der Waals surface area (Å²) < 4.78 is 0. The molecule has 4 nitrogen and oxygen atoms in total. The van der Waals surface area contributed by atoms with Crippen LogP contribution in [0.15, 0.2) is 18.2 Å². The molecule has 0 amide bonds. The molecule has 0 saturated heterocycles. The van der Waals surface area contributed by atoms with Crippen LogP contribution < -0.4 is 5.73 Å². The number of aryl methyl sites for hydroxylation is 1. The van der Waals surface area contributed by atoms with Crippen molar-refractivity contribution >= 4 is 5.84 Å². The third-order valence-corrected chi connectivity index (χ3v) is 3.87. The second-order valence-corrected chi connectivity index (χ2v) is 5.22. The fourth-order valence-corrected chi connectivity index (χ4v) is 2.58. The van der Waals surface area contributed by atoms with E-state index in [1.54, 1.807) is 0 Å². The Kier molecular flexibility index (Phi) is 6.68. The number of hydrogen-bond donors (Lipinski definition) is 3. The molecule has 0 heterocycles. The quantitative estimate of drug-likeness (QED) is 0.504. The average molecular weight is 277 g/mol. The van der Waals surface area contributed by atoms with Gasteiger partial charge >= 0.3 is 0 Å². The highest BCUT2D eigenvalue weighted by molar-refractivity contribution is 5.95. The predicted octanol–water partition coefficient (Wildman–Crippen LogP) is 2.26. The van der Waals surface area contributed by atoms with E-state index in [2.05, 4.69) is 18.7 Å². The summed E-state index contributed by atoms with van der Waals surface area (Å²) >= 11 is 0. The van der Waals surface area contributed by atoms with Crippen LogP contribution in [0.5, 0.6) is 0 Å². The van der Waals surface area contributed by atoms with Gasteiger partial charge in [-0.15, -0.1) is 0 Å². The Morgan fingerprint density at radius 3 is 2.45 bits per heavy atom. The summed E-state index contributed by atoms with van der Waals surface area (Å²) in [7, 11) is 0. The van der Waals surface area contributed by atoms with E-state index >= 15 is 0 Å². The van der Waals surface area contributed by atoms with Gasteiger partial charge in [-0.1, -0.05) is 26.0 Å². The Balaban J connectivity index is 2.90. The molecular formula is C16H27N3O. The first-order chi connectivity index (χ1) is 9.53. The van der Waals surface area contributed by atoms with Crippen LogP contribution in [0.3, 0.4) is 0 Å². The number of nitrogens with one attached hydrogen (secondary N) is 1. The summed E-state index contributed by atoms with van der Waals surface area (Å²) in [5, 5.41) is 16.7. The molecule has 0 fully saturated rings. The highest BCUT2D eigenvalue weighted by Crippen LogP contribution is 2.17. The summed E-state index contributed by atoms with van der Waals surface area (Å²) in [4.78, 5) is 2.33. The lowest BCUT2D eigenvalue weighted by atomic mass is 10.0. The van der Waals surface area contributed by atoms with Gasteiger partial charge in [0.05, 0.1) is 6.61 Å². The summed E-state index contributed by atoms with van der Waals surface area (Å²) in [5.41, 5.74) is 8.66. The van der Waals surface area contributed by atoms with E-state index < -0.39 is 0 Å². The van der Waals surface area contributed by atoms with E-state index in [0.717, 1.165) is 30.5 Å². The van der Waals surface area contributed by atoms with Crippen molar-refractivity contribution in [2.75, 3.05) is 13.2 Å². The maximum atomic E-state index is 9.25. The number of benzene rings is 1. The molecule has 1 rings (SSSR count). The van der Waals surface area contributed by atoms with Crippen molar-refractivity contribution < 1.29 is 5.11 Å². The van der Waals surface area contributed by atoms with Gasteiger partial charge in [-0.3, -0.25) is 10.3 Å². The van der Waals surface area contributed by atoms with Crippen LogP contribution in [0.2, 0.25) is 0 Å². The first kappa shape index (κ1) is 16.7. The number of nitrogens with zero attached hydrogens (tertiary/aromatic N) is 1. The van der Waals surface area contributed by atoms with Gasteiger partial charge < -0.3 is 10.8 Å². The average Bonchev–Trinajstić information content (AvgIpc) is 2.42. The van der Waals surface area contributed by atoms with Gasteiger partial charge in [0.2, 0.25) is 0 Å². The van der Waals surface area contributed by atoms with Gasteiger partial charge in [0.25, 0.3) is 0 Å². The van der Waals surface area contributed by atoms with Crippen LogP contribution in [-0.4, -0.2) is 35.0 Å². The summed E-state index contributed by atoms with van der Waals surface area (Å²) in [6, 6.07) is 6.39. The standard InChI is InChI=1S/C16H27N3O/c1-4-15(5-2)19(8-9-20)11-14-7-6-13(16(17)18)10-12(14)3/h6-7,10,15,20H,4-5,8-9,11H2,1-3H3,(H3,17,18). The van der Waals surface area contributed by atoms with E-state index in [0.29, 0.717) is 12.6 Å². The van der Waals surface area contributed by atoms with E-state index in [4.69, 9.17) is 11.1 Å². The van der Waals surface area contributed by atoms with Crippen molar-refractivity contribution in [3.8, 4) is 0 Å². The summed E-state index contributed by atoms with van der Waals surface area (Å²) in [6.45, 7) is 8.12. The Bertz CT molecular complexity index is 441. The fraction of sp³-hybridized carbons (Fsp3) is 0.562. The molecule has 0 spiro atoms. The van der Waals surface area contributed by atoms with Gasteiger partial charge in [-0.05, 0) is 37.0 Å². The Morgan fingerprint density at radius 2 is 2.00 bits per heavy atom. The Hall–Kier alpha value is -1.39. The van der Waals surface area contributed by atoms with Crippen LogP contribution in [0, 0.1) is 12.3 Å². The van der Waals surface area contributed by atoms with Crippen molar-refractivity contribution in [2.24, 2.45) is 5.73 Å². The lowest BCUT2D eigenvalue weighted by Gasteiger charge is -2.30.